The molecule has 0 aliphatic rings. The molecule has 0 spiro atoms. The molecule has 1 atom stereocenters. The average molecular weight is 288 g/mol. The summed E-state index contributed by atoms with van der Waals surface area (Å²) in [7, 11) is 1.90. The van der Waals surface area contributed by atoms with E-state index in [-0.39, 0.29) is 23.8 Å². The summed E-state index contributed by atoms with van der Waals surface area (Å²) >= 11 is 0. The van der Waals surface area contributed by atoms with Crippen molar-refractivity contribution < 1.29 is 4.79 Å². The van der Waals surface area contributed by atoms with E-state index in [9.17, 15) is 4.79 Å². The summed E-state index contributed by atoms with van der Waals surface area (Å²) in [6.45, 7) is 5.80. The first kappa shape index (κ1) is 15.0. The minimum atomic E-state index is -0.228. The smallest absolute Gasteiger partial charge is 0.255 e. The third-order valence-electron chi connectivity index (χ3n) is 3.33. The Balaban J connectivity index is 2.25. The highest BCUT2D eigenvalue weighted by molar-refractivity contribution is 5.95. The van der Waals surface area contributed by atoms with Gasteiger partial charge in [0.05, 0.1) is 17.3 Å². The van der Waals surface area contributed by atoms with E-state index in [0.29, 0.717) is 11.3 Å². The lowest BCUT2D eigenvalue weighted by Crippen LogP contribution is -2.34. The molecule has 0 aliphatic carbocycles. The van der Waals surface area contributed by atoms with Gasteiger partial charge in [0.1, 0.15) is 5.82 Å². The number of nitrogens with one attached hydrogen (secondary N) is 1. The molecular weight excluding hydrogens is 268 g/mol. The Labute approximate surface area is 123 Å². The van der Waals surface area contributed by atoms with Crippen LogP contribution in [0.25, 0.3) is 0 Å². The Morgan fingerprint density at radius 3 is 2.62 bits per heavy atom. The van der Waals surface area contributed by atoms with Crippen LogP contribution < -0.4 is 11.1 Å². The molecule has 2 aromatic rings. The normalized spacial score (nSPS) is 12.4. The second-order valence-electron chi connectivity index (χ2n) is 5.32. The SMILES string of the molecule is Cc1nc(N)ncc1C(=O)N[C@@H](c1nccn1C)C(C)C. The van der Waals surface area contributed by atoms with Gasteiger partial charge in [-0.05, 0) is 12.8 Å². The highest BCUT2D eigenvalue weighted by Crippen LogP contribution is 2.20. The third-order valence-corrected chi connectivity index (χ3v) is 3.33. The Hall–Kier alpha value is -2.44. The summed E-state index contributed by atoms with van der Waals surface area (Å²) in [5.74, 6) is 0.945. The van der Waals surface area contributed by atoms with Gasteiger partial charge < -0.3 is 15.6 Å². The molecular formula is C14H20N6O. The van der Waals surface area contributed by atoms with Crippen molar-refractivity contribution in [1.29, 1.82) is 0 Å². The van der Waals surface area contributed by atoms with Crippen LogP contribution in [0.15, 0.2) is 18.6 Å². The van der Waals surface area contributed by atoms with Gasteiger partial charge in [0.2, 0.25) is 5.95 Å². The van der Waals surface area contributed by atoms with E-state index in [1.54, 1.807) is 13.1 Å². The summed E-state index contributed by atoms with van der Waals surface area (Å²) in [4.78, 5) is 24.6. The summed E-state index contributed by atoms with van der Waals surface area (Å²) < 4.78 is 1.90. The van der Waals surface area contributed by atoms with Crippen molar-refractivity contribution in [1.82, 2.24) is 24.8 Å². The van der Waals surface area contributed by atoms with Gasteiger partial charge in [-0.25, -0.2) is 15.0 Å². The molecule has 0 fully saturated rings. The monoisotopic (exact) mass is 288 g/mol. The van der Waals surface area contributed by atoms with Gasteiger partial charge in [-0.1, -0.05) is 13.8 Å². The molecule has 0 aromatic carbocycles. The van der Waals surface area contributed by atoms with E-state index in [2.05, 4.69) is 20.3 Å². The van der Waals surface area contributed by atoms with E-state index in [0.717, 1.165) is 5.82 Å². The minimum absolute atomic E-state index is 0.161. The molecule has 112 valence electrons. The van der Waals surface area contributed by atoms with Crippen LogP contribution in [0.2, 0.25) is 0 Å². The quantitative estimate of drug-likeness (QED) is 0.881. The largest absolute Gasteiger partial charge is 0.368 e. The van der Waals surface area contributed by atoms with E-state index >= 15 is 0 Å². The number of nitrogen functional groups attached to an aromatic ring is 1. The van der Waals surface area contributed by atoms with Crippen LogP contribution >= 0.6 is 0 Å². The summed E-state index contributed by atoms with van der Waals surface area (Å²) in [5.41, 5.74) is 6.49. The topological polar surface area (TPSA) is 98.7 Å². The van der Waals surface area contributed by atoms with Crippen LogP contribution in [0.1, 0.15) is 41.8 Å². The fourth-order valence-electron chi connectivity index (χ4n) is 2.13. The second kappa shape index (κ2) is 5.90. The van der Waals surface area contributed by atoms with Crippen molar-refractivity contribution in [3.63, 3.8) is 0 Å². The fourth-order valence-corrected chi connectivity index (χ4v) is 2.13. The Morgan fingerprint density at radius 2 is 2.10 bits per heavy atom. The van der Waals surface area contributed by atoms with Crippen molar-refractivity contribution in [2.45, 2.75) is 26.8 Å². The van der Waals surface area contributed by atoms with Crippen molar-refractivity contribution in [2.24, 2.45) is 13.0 Å². The summed E-state index contributed by atoms with van der Waals surface area (Å²) in [6.07, 6.45) is 5.02. The fraction of sp³-hybridized carbons (Fsp3) is 0.429. The minimum Gasteiger partial charge on any atom is -0.368 e. The molecule has 0 radical (unpaired) electrons. The zero-order chi connectivity index (χ0) is 15.6. The van der Waals surface area contributed by atoms with Crippen LogP contribution in [0.3, 0.4) is 0 Å². The summed E-state index contributed by atoms with van der Waals surface area (Å²) in [6, 6.07) is -0.186. The second-order valence-corrected chi connectivity index (χ2v) is 5.32. The predicted molar refractivity (Wildman–Crippen MR) is 79.4 cm³/mol. The first-order chi connectivity index (χ1) is 9.90. The number of aromatic nitrogens is 4. The van der Waals surface area contributed by atoms with Gasteiger partial charge in [-0.3, -0.25) is 4.79 Å². The molecule has 2 heterocycles. The first-order valence-electron chi connectivity index (χ1n) is 6.77. The van der Waals surface area contributed by atoms with Crippen molar-refractivity contribution in [3.05, 3.63) is 35.7 Å². The zero-order valence-electron chi connectivity index (χ0n) is 12.7. The summed E-state index contributed by atoms with van der Waals surface area (Å²) in [5, 5.41) is 2.99. The standard InChI is InChI=1S/C14H20N6O/c1-8(2)11(12-16-5-6-20(12)4)19-13(21)10-7-17-14(15)18-9(10)3/h5-8,11H,1-4H3,(H,19,21)(H2,15,17,18)/t11-/m1/s1. The van der Waals surface area contributed by atoms with Gasteiger partial charge in [0.15, 0.2) is 0 Å². The molecule has 2 aromatic heterocycles. The lowest BCUT2D eigenvalue weighted by atomic mass is 10.0. The third kappa shape index (κ3) is 3.18. The molecule has 7 nitrogen and oxygen atoms in total. The van der Waals surface area contributed by atoms with Gasteiger partial charge in [0, 0.05) is 25.6 Å². The van der Waals surface area contributed by atoms with E-state index in [1.807, 2.05) is 31.7 Å². The number of rotatable bonds is 4. The number of imidazole rings is 1. The molecule has 1 amide bonds. The molecule has 0 saturated heterocycles. The van der Waals surface area contributed by atoms with E-state index < -0.39 is 0 Å². The van der Waals surface area contributed by atoms with Gasteiger partial charge in [0.25, 0.3) is 5.91 Å². The number of amides is 1. The number of hydrogen-bond donors (Lipinski definition) is 2. The number of anilines is 1. The lowest BCUT2D eigenvalue weighted by molar-refractivity contribution is 0.0921. The van der Waals surface area contributed by atoms with Crippen molar-refractivity contribution in [2.75, 3.05) is 5.73 Å². The van der Waals surface area contributed by atoms with Crippen molar-refractivity contribution in [3.8, 4) is 0 Å². The maximum atomic E-state index is 12.4. The molecule has 0 saturated carbocycles. The van der Waals surface area contributed by atoms with Crippen LogP contribution in [-0.4, -0.2) is 25.4 Å². The molecule has 2 rings (SSSR count). The van der Waals surface area contributed by atoms with E-state index in [1.165, 1.54) is 6.20 Å². The lowest BCUT2D eigenvalue weighted by Gasteiger charge is -2.22. The number of carbonyl (C=O) groups excluding carboxylic acids is 1. The first-order valence-corrected chi connectivity index (χ1v) is 6.77. The maximum absolute atomic E-state index is 12.4. The molecule has 3 N–H and O–H groups in total. The Bertz CT molecular complexity index is 649. The average Bonchev–Trinajstić information content (AvgIpc) is 2.81. The predicted octanol–water partition coefficient (Wildman–Crippen LogP) is 1.23. The molecule has 0 unspecified atom stereocenters. The molecule has 0 bridgehead atoms. The number of hydrogen-bond acceptors (Lipinski definition) is 5. The number of nitrogens with two attached hydrogens (primary N) is 1. The molecule has 0 aliphatic heterocycles. The van der Waals surface area contributed by atoms with Gasteiger partial charge in [-0.15, -0.1) is 0 Å². The zero-order valence-corrected chi connectivity index (χ0v) is 12.7. The highest BCUT2D eigenvalue weighted by Gasteiger charge is 2.23. The maximum Gasteiger partial charge on any atom is 0.255 e. The number of nitrogens with zero attached hydrogens (tertiary/aromatic N) is 4. The number of aryl methyl sites for hydroxylation is 2. The molecule has 7 heteroatoms. The van der Waals surface area contributed by atoms with Crippen LogP contribution in [0, 0.1) is 12.8 Å². The Morgan fingerprint density at radius 1 is 1.38 bits per heavy atom. The van der Waals surface area contributed by atoms with Crippen LogP contribution in [0.4, 0.5) is 5.95 Å². The Kier molecular flexibility index (Phi) is 4.21. The highest BCUT2D eigenvalue weighted by atomic mass is 16.1. The van der Waals surface area contributed by atoms with Gasteiger partial charge >= 0.3 is 0 Å². The number of carbonyl (C=O) groups is 1. The van der Waals surface area contributed by atoms with Crippen LogP contribution in [0.5, 0.6) is 0 Å². The van der Waals surface area contributed by atoms with E-state index in [4.69, 9.17) is 5.73 Å². The van der Waals surface area contributed by atoms with Crippen LogP contribution in [-0.2, 0) is 7.05 Å². The molecule has 21 heavy (non-hydrogen) atoms. The van der Waals surface area contributed by atoms with Crippen molar-refractivity contribution >= 4 is 11.9 Å². The van der Waals surface area contributed by atoms with Gasteiger partial charge in [-0.2, -0.15) is 0 Å².